The second-order valence-corrected chi connectivity index (χ2v) is 2.54. The highest BCUT2D eigenvalue weighted by molar-refractivity contribution is 5.44. The third-order valence-electron chi connectivity index (χ3n) is 1.76. The van der Waals surface area contributed by atoms with E-state index in [1.54, 1.807) is 6.20 Å². The van der Waals surface area contributed by atoms with Gasteiger partial charge in [0.25, 0.3) is 0 Å². The molecule has 0 bridgehead atoms. The fraction of sp³-hybridized carbons (Fsp3) is 0.429. The van der Waals surface area contributed by atoms with Crippen LogP contribution in [0.4, 0.5) is 5.82 Å². The van der Waals surface area contributed by atoms with Crippen LogP contribution >= 0.6 is 0 Å². The van der Waals surface area contributed by atoms with E-state index in [0.29, 0.717) is 6.54 Å². The number of nitrogens with one attached hydrogen (secondary N) is 1. The molecule has 0 aromatic carbocycles. The van der Waals surface area contributed by atoms with E-state index >= 15 is 0 Å². The Balaban J connectivity index is 2.41. The first-order chi connectivity index (χ1) is 5.40. The summed E-state index contributed by atoms with van der Waals surface area (Å²) in [7, 11) is 0. The first-order valence-corrected chi connectivity index (χ1v) is 3.69. The summed E-state index contributed by atoms with van der Waals surface area (Å²) >= 11 is 0. The van der Waals surface area contributed by atoms with Gasteiger partial charge in [-0.3, -0.25) is 4.98 Å². The van der Waals surface area contributed by atoms with Crippen LogP contribution in [0.5, 0.6) is 0 Å². The number of nitrogens with zero attached hydrogens (tertiary/aromatic N) is 2. The van der Waals surface area contributed by atoms with Crippen LogP contribution in [0.2, 0.25) is 0 Å². The van der Waals surface area contributed by atoms with Crippen molar-refractivity contribution in [3.05, 3.63) is 17.6 Å². The molecule has 0 aliphatic carbocycles. The number of rotatable bonds is 1. The van der Waals surface area contributed by atoms with Crippen molar-refractivity contribution in [2.75, 3.05) is 11.9 Å². The van der Waals surface area contributed by atoms with Gasteiger partial charge in [-0.2, -0.15) is 0 Å². The Morgan fingerprint density at radius 2 is 2.55 bits per heavy atom. The molecule has 3 N–H and O–H groups in total. The van der Waals surface area contributed by atoms with E-state index in [9.17, 15) is 0 Å². The van der Waals surface area contributed by atoms with Gasteiger partial charge >= 0.3 is 0 Å². The molecule has 0 saturated carbocycles. The van der Waals surface area contributed by atoms with Crippen LogP contribution in [-0.2, 0) is 13.0 Å². The molecule has 1 aromatic rings. The quantitative estimate of drug-likeness (QED) is 0.587. The third-order valence-corrected chi connectivity index (χ3v) is 1.76. The summed E-state index contributed by atoms with van der Waals surface area (Å²) in [5.74, 6) is 0.919. The van der Waals surface area contributed by atoms with Crippen molar-refractivity contribution in [1.29, 1.82) is 0 Å². The zero-order valence-corrected chi connectivity index (χ0v) is 6.17. The minimum absolute atomic E-state index is 0.472. The van der Waals surface area contributed by atoms with Gasteiger partial charge in [-0.25, -0.2) is 4.98 Å². The van der Waals surface area contributed by atoms with Crippen molar-refractivity contribution in [3.63, 3.8) is 0 Å². The Morgan fingerprint density at radius 3 is 3.36 bits per heavy atom. The summed E-state index contributed by atoms with van der Waals surface area (Å²) in [6.07, 6.45) is 2.69. The van der Waals surface area contributed by atoms with Gasteiger partial charge in [0.15, 0.2) is 0 Å². The lowest BCUT2D eigenvalue weighted by molar-refractivity contribution is 0.929. The average Bonchev–Trinajstić information content (AvgIpc) is 2.50. The first-order valence-electron chi connectivity index (χ1n) is 3.69. The predicted molar refractivity (Wildman–Crippen MR) is 42.1 cm³/mol. The molecule has 4 heteroatoms. The highest BCUT2D eigenvalue weighted by Crippen LogP contribution is 2.15. The molecule has 58 valence electrons. The summed E-state index contributed by atoms with van der Waals surface area (Å²) in [6.45, 7) is 1.42. The molecule has 0 fully saturated rings. The smallest absolute Gasteiger partial charge is 0.147 e. The van der Waals surface area contributed by atoms with Gasteiger partial charge < -0.3 is 11.1 Å². The number of fused-ring (bicyclic) bond motifs is 1. The van der Waals surface area contributed by atoms with E-state index in [1.165, 1.54) is 0 Å². The van der Waals surface area contributed by atoms with Crippen molar-refractivity contribution in [1.82, 2.24) is 9.97 Å². The summed E-state index contributed by atoms with van der Waals surface area (Å²) in [6, 6.07) is 0. The maximum Gasteiger partial charge on any atom is 0.147 e. The second-order valence-electron chi connectivity index (χ2n) is 2.54. The van der Waals surface area contributed by atoms with Crippen LogP contribution in [0.15, 0.2) is 6.20 Å². The Hall–Kier alpha value is -1.16. The van der Waals surface area contributed by atoms with E-state index in [0.717, 1.165) is 30.2 Å². The normalized spacial score (nSPS) is 14.3. The molecule has 0 radical (unpaired) electrons. The van der Waals surface area contributed by atoms with Crippen LogP contribution in [0.1, 0.15) is 11.4 Å². The van der Waals surface area contributed by atoms with Gasteiger partial charge in [-0.15, -0.1) is 0 Å². The molecule has 1 aromatic heterocycles. The van der Waals surface area contributed by atoms with Gasteiger partial charge in [0, 0.05) is 19.5 Å². The van der Waals surface area contributed by atoms with Crippen LogP contribution in [0.3, 0.4) is 0 Å². The number of hydrogen-bond acceptors (Lipinski definition) is 4. The monoisotopic (exact) mass is 150 g/mol. The molecule has 0 saturated heterocycles. The first kappa shape index (κ1) is 6.54. The maximum atomic E-state index is 5.42. The Morgan fingerprint density at radius 1 is 1.64 bits per heavy atom. The largest absolute Gasteiger partial charge is 0.368 e. The topological polar surface area (TPSA) is 63.8 Å². The minimum Gasteiger partial charge on any atom is -0.368 e. The van der Waals surface area contributed by atoms with Crippen molar-refractivity contribution in [2.45, 2.75) is 13.0 Å². The van der Waals surface area contributed by atoms with E-state index in [1.807, 2.05) is 0 Å². The van der Waals surface area contributed by atoms with Crippen molar-refractivity contribution < 1.29 is 0 Å². The van der Waals surface area contributed by atoms with E-state index in [-0.39, 0.29) is 0 Å². The molecule has 0 atom stereocenters. The number of anilines is 1. The molecule has 2 rings (SSSR count). The fourth-order valence-electron chi connectivity index (χ4n) is 1.19. The van der Waals surface area contributed by atoms with Crippen LogP contribution < -0.4 is 11.1 Å². The Kier molecular flexibility index (Phi) is 1.47. The molecule has 4 nitrogen and oxygen atoms in total. The van der Waals surface area contributed by atoms with E-state index in [4.69, 9.17) is 5.73 Å². The molecule has 0 spiro atoms. The predicted octanol–water partition coefficient (Wildman–Crippen LogP) is -0.0967. The number of nitrogens with two attached hydrogens (primary N) is 1. The molecule has 2 heterocycles. The Labute approximate surface area is 64.8 Å². The summed E-state index contributed by atoms with van der Waals surface area (Å²) < 4.78 is 0. The average molecular weight is 150 g/mol. The summed E-state index contributed by atoms with van der Waals surface area (Å²) in [4.78, 5) is 8.50. The van der Waals surface area contributed by atoms with Gasteiger partial charge in [-0.1, -0.05) is 0 Å². The summed E-state index contributed by atoms with van der Waals surface area (Å²) in [5, 5.41) is 3.14. The summed E-state index contributed by atoms with van der Waals surface area (Å²) in [5.41, 5.74) is 7.34. The zero-order chi connectivity index (χ0) is 7.68. The lowest BCUT2D eigenvalue weighted by Gasteiger charge is -1.98. The van der Waals surface area contributed by atoms with Crippen LogP contribution in [-0.4, -0.2) is 16.5 Å². The Bertz CT molecular complexity index is 271. The lowest BCUT2D eigenvalue weighted by Crippen LogP contribution is -2.02. The highest BCUT2D eigenvalue weighted by atomic mass is 15.0. The molecular weight excluding hydrogens is 140 g/mol. The molecule has 0 amide bonds. The molecule has 1 aliphatic rings. The van der Waals surface area contributed by atoms with Crippen molar-refractivity contribution in [3.8, 4) is 0 Å². The fourth-order valence-corrected chi connectivity index (χ4v) is 1.19. The van der Waals surface area contributed by atoms with Gasteiger partial charge in [0.05, 0.1) is 17.6 Å². The molecule has 0 unspecified atom stereocenters. The minimum atomic E-state index is 0.472. The van der Waals surface area contributed by atoms with Crippen LogP contribution in [0, 0.1) is 0 Å². The zero-order valence-electron chi connectivity index (χ0n) is 6.17. The van der Waals surface area contributed by atoms with Gasteiger partial charge in [-0.05, 0) is 0 Å². The van der Waals surface area contributed by atoms with Crippen molar-refractivity contribution in [2.24, 2.45) is 5.73 Å². The van der Waals surface area contributed by atoms with Gasteiger partial charge in [0.2, 0.25) is 0 Å². The van der Waals surface area contributed by atoms with Crippen molar-refractivity contribution >= 4 is 5.82 Å². The maximum absolute atomic E-state index is 5.42. The SMILES string of the molecule is NCc1cnc2c(n1)CCN2. The number of aromatic nitrogens is 2. The van der Waals surface area contributed by atoms with Crippen LogP contribution in [0.25, 0.3) is 0 Å². The molecule has 1 aliphatic heterocycles. The lowest BCUT2D eigenvalue weighted by atomic mass is 10.3. The highest BCUT2D eigenvalue weighted by Gasteiger charge is 2.12. The molecular formula is C7H10N4. The van der Waals surface area contributed by atoms with E-state index in [2.05, 4.69) is 15.3 Å². The molecule has 11 heavy (non-hydrogen) atoms. The number of hydrogen-bond donors (Lipinski definition) is 2. The third kappa shape index (κ3) is 1.05. The second kappa shape index (κ2) is 2.47. The standard InChI is InChI=1S/C7H10N4/c8-3-5-4-10-7-6(11-5)1-2-9-7/h4H,1-3,8H2,(H,9,10). The van der Waals surface area contributed by atoms with E-state index < -0.39 is 0 Å². The van der Waals surface area contributed by atoms with Gasteiger partial charge in [0.1, 0.15) is 5.82 Å².